The van der Waals surface area contributed by atoms with Crippen LogP contribution < -0.4 is 10.6 Å². The summed E-state index contributed by atoms with van der Waals surface area (Å²) in [5.41, 5.74) is 4.55. The van der Waals surface area contributed by atoms with Crippen LogP contribution in [0.25, 0.3) is 11.1 Å². The van der Waals surface area contributed by atoms with Gasteiger partial charge in [0.25, 0.3) is 0 Å². The van der Waals surface area contributed by atoms with Gasteiger partial charge < -0.3 is 20.5 Å². The SMILES string of the molecule is CCC(CNC(=O)C(CCC(C)C)NC(=O)OCC1c2ccccc2-c2ccccc21)CC(=O)O. The van der Waals surface area contributed by atoms with Crippen molar-refractivity contribution >= 4 is 18.0 Å². The summed E-state index contributed by atoms with van der Waals surface area (Å²) in [4.78, 5) is 36.6. The average molecular weight is 481 g/mol. The van der Waals surface area contributed by atoms with Crippen molar-refractivity contribution in [1.82, 2.24) is 10.6 Å². The average Bonchev–Trinajstić information content (AvgIpc) is 3.16. The van der Waals surface area contributed by atoms with E-state index in [9.17, 15) is 14.4 Å². The Bertz CT molecular complexity index is 990. The third kappa shape index (κ3) is 7.07. The quantitative estimate of drug-likeness (QED) is 0.399. The maximum Gasteiger partial charge on any atom is 0.407 e. The molecule has 2 aromatic carbocycles. The maximum atomic E-state index is 12.9. The second kappa shape index (κ2) is 12.4. The van der Waals surface area contributed by atoms with Gasteiger partial charge in [0.15, 0.2) is 0 Å². The van der Waals surface area contributed by atoms with Crippen LogP contribution in [-0.4, -0.2) is 42.3 Å². The van der Waals surface area contributed by atoms with Crippen molar-refractivity contribution in [3.8, 4) is 11.1 Å². The molecule has 0 fully saturated rings. The van der Waals surface area contributed by atoms with Gasteiger partial charge in [-0.1, -0.05) is 75.7 Å². The Balaban J connectivity index is 1.61. The summed E-state index contributed by atoms with van der Waals surface area (Å²) in [6.07, 6.45) is 1.24. The second-order valence-corrected chi connectivity index (χ2v) is 9.61. The fourth-order valence-electron chi connectivity index (χ4n) is 4.53. The Morgan fingerprint density at radius 1 is 0.971 bits per heavy atom. The number of carbonyl (C=O) groups excluding carboxylic acids is 2. The molecule has 3 N–H and O–H groups in total. The lowest BCUT2D eigenvalue weighted by atomic mass is 9.98. The highest BCUT2D eigenvalue weighted by molar-refractivity contribution is 5.85. The van der Waals surface area contributed by atoms with Gasteiger partial charge in [-0.05, 0) is 46.9 Å². The third-order valence-corrected chi connectivity index (χ3v) is 6.59. The topological polar surface area (TPSA) is 105 Å². The lowest BCUT2D eigenvalue weighted by Gasteiger charge is -2.22. The third-order valence-electron chi connectivity index (χ3n) is 6.59. The first-order valence-corrected chi connectivity index (χ1v) is 12.4. The molecule has 0 bridgehead atoms. The van der Waals surface area contributed by atoms with Crippen LogP contribution in [0.1, 0.15) is 63.5 Å². The number of ether oxygens (including phenoxy) is 1. The largest absolute Gasteiger partial charge is 0.481 e. The summed E-state index contributed by atoms with van der Waals surface area (Å²) in [5, 5.41) is 14.6. The molecule has 0 radical (unpaired) electrons. The first kappa shape index (κ1) is 26.3. The molecule has 3 rings (SSSR count). The standard InChI is InChI=1S/C28H36N2O5/c1-4-19(15-26(31)32)16-29-27(33)25(14-13-18(2)3)30-28(34)35-17-24-22-11-7-5-9-20(22)21-10-6-8-12-23(21)24/h5-12,18-19,24-25H,4,13-17H2,1-3H3,(H,29,33)(H,30,34)(H,31,32). The van der Waals surface area contributed by atoms with E-state index in [0.29, 0.717) is 18.8 Å². The van der Waals surface area contributed by atoms with E-state index in [1.807, 2.05) is 31.2 Å². The Hall–Kier alpha value is -3.35. The van der Waals surface area contributed by atoms with E-state index in [1.54, 1.807) is 0 Å². The number of hydrogen-bond donors (Lipinski definition) is 3. The molecular formula is C28H36N2O5. The van der Waals surface area contributed by atoms with Gasteiger partial charge in [-0.2, -0.15) is 0 Å². The molecule has 0 spiro atoms. The summed E-state index contributed by atoms with van der Waals surface area (Å²) in [7, 11) is 0. The fourth-order valence-corrected chi connectivity index (χ4v) is 4.53. The van der Waals surface area contributed by atoms with E-state index < -0.39 is 18.1 Å². The molecule has 0 saturated heterocycles. The smallest absolute Gasteiger partial charge is 0.407 e. The van der Waals surface area contributed by atoms with E-state index in [4.69, 9.17) is 9.84 Å². The maximum absolute atomic E-state index is 12.9. The summed E-state index contributed by atoms with van der Waals surface area (Å²) >= 11 is 0. The van der Waals surface area contributed by atoms with Gasteiger partial charge in [-0.3, -0.25) is 9.59 Å². The van der Waals surface area contributed by atoms with Crippen molar-refractivity contribution in [2.45, 2.75) is 58.4 Å². The predicted octanol–water partition coefficient (Wildman–Crippen LogP) is 4.95. The number of fused-ring (bicyclic) bond motifs is 3. The highest BCUT2D eigenvalue weighted by atomic mass is 16.5. The number of amides is 2. The number of carboxylic acid groups (broad SMARTS) is 1. The van der Waals surface area contributed by atoms with Gasteiger partial charge in [0.05, 0.1) is 0 Å². The summed E-state index contributed by atoms with van der Waals surface area (Å²) in [6, 6.07) is 15.5. The van der Waals surface area contributed by atoms with E-state index in [1.165, 1.54) is 0 Å². The predicted molar refractivity (Wildman–Crippen MR) is 135 cm³/mol. The van der Waals surface area contributed by atoms with Crippen molar-refractivity contribution in [3.63, 3.8) is 0 Å². The molecule has 0 saturated carbocycles. The molecule has 2 unspecified atom stereocenters. The number of hydrogen-bond acceptors (Lipinski definition) is 4. The van der Waals surface area contributed by atoms with Crippen molar-refractivity contribution in [2.75, 3.05) is 13.2 Å². The van der Waals surface area contributed by atoms with E-state index in [-0.39, 0.29) is 37.3 Å². The van der Waals surface area contributed by atoms with Gasteiger partial charge in [0.2, 0.25) is 5.91 Å². The highest BCUT2D eigenvalue weighted by Crippen LogP contribution is 2.44. The lowest BCUT2D eigenvalue weighted by Crippen LogP contribution is -2.48. The molecule has 1 aliphatic carbocycles. The van der Waals surface area contributed by atoms with Crippen molar-refractivity contribution in [2.24, 2.45) is 11.8 Å². The minimum Gasteiger partial charge on any atom is -0.481 e. The Morgan fingerprint density at radius 2 is 1.57 bits per heavy atom. The first-order valence-electron chi connectivity index (χ1n) is 12.4. The normalized spacial score (nSPS) is 14.1. The minimum absolute atomic E-state index is 0.00670. The number of rotatable bonds is 12. The Labute approximate surface area is 207 Å². The van der Waals surface area contributed by atoms with Crippen LogP contribution in [0, 0.1) is 11.8 Å². The Kier molecular flexibility index (Phi) is 9.29. The first-order chi connectivity index (χ1) is 16.8. The molecule has 0 aliphatic heterocycles. The number of carboxylic acids is 1. The van der Waals surface area contributed by atoms with Gasteiger partial charge in [0.1, 0.15) is 12.6 Å². The number of nitrogens with one attached hydrogen (secondary N) is 2. The van der Waals surface area contributed by atoms with Crippen LogP contribution in [0.3, 0.4) is 0 Å². The lowest BCUT2D eigenvalue weighted by molar-refractivity contribution is -0.138. The van der Waals surface area contributed by atoms with Gasteiger partial charge in [-0.25, -0.2) is 4.79 Å². The van der Waals surface area contributed by atoms with Crippen LogP contribution in [0.5, 0.6) is 0 Å². The van der Waals surface area contributed by atoms with Gasteiger partial charge in [0, 0.05) is 18.9 Å². The zero-order chi connectivity index (χ0) is 25.4. The van der Waals surface area contributed by atoms with E-state index >= 15 is 0 Å². The zero-order valence-electron chi connectivity index (χ0n) is 20.8. The highest BCUT2D eigenvalue weighted by Gasteiger charge is 2.30. The van der Waals surface area contributed by atoms with Crippen LogP contribution >= 0.6 is 0 Å². The van der Waals surface area contributed by atoms with Crippen molar-refractivity contribution in [3.05, 3.63) is 59.7 Å². The number of carbonyl (C=O) groups is 3. The van der Waals surface area contributed by atoms with Gasteiger partial charge in [-0.15, -0.1) is 0 Å². The van der Waals surface area contributed by atoms with Crippen molar-refractivity contribution in [1.29, 1.82) is 0 Å². The molecule has 0 aromatic heterocycles. The molecule has 2 aromatic rings. The summed E-state index contributed by atoms with van der Waals surface area (Å²) < 4.78 is 5.62. The van der Waals surface area contributed by atoms with Crippen LogP contribution in [0.15, 0.2) is 48.5 Å². The van der Waals surface area contributed by atoms with Crippen molar-refractivity contribution < 1.29 is 24.2 Å². The van der Waals surface area contributed by atoms with E-state index in [0.717, 1.165) is 28.7 Å². The monoisotopic (exact) mass is 480 g/mol. The van der Waals surface area contributed by atoms with E-state index in [2.05, 4.69) is 48.7 Å². The molecule has 188 valence electrons. The molecule has 0 heterocycles. The van der Waals surface area contributed by atoms with Crippen LogP contribution in [0.4, 0.5) is 4.79 Å². The molecule has 35 heavy (non-hydrogen) atoms. The number of alkyl carbamates (subject to hydrolysis) is 1. The summed E-state index contributed by atoms with van der Waals surface area (Å²) in [6.45, 7) is 6.44. The minimum atomic E-state index is -0.890. The molecule has 2 amide bonds. The van der Waals surface area contributed by atoms with Gasteiger partial charge >= 0.3 is 12.1 Å². The van der Waals surface area contributed by atoms with Crippen LogP contribution in [0.2, 0.25) is 0 Å². The van der Waals surface area contributed by atoms with Crippen LogP contribution in [-0.2, 0) is 14.3 Å². The zero-order valence-corrected chi connectivity index (χ0v) is 20.8. The summed E-state index contributed by atoms with van der Waals surface area (Å²) in [5.74, 6) is -1.05. The number of benzene rings is 2. The fraction of sp³-hybridized carbons (Fsp3) is 0.464. The molecule has 7 heteroatoms. The molecular weight excluding hydrogens is 444 g/mol. The molecule has 7 nitrogen and oxygen atoms in total. The second-order valence-electron chi connectivity index (χ2n) is 9.61. The molecule has 2 atom stereocenters. The number of aliphatic carboxylic acids is 1. The Morgan fingerprint density at radius 3 is 2.11 bits per heavy atom. The molecule has 1 aliphatic rings.